The minimum absolute atomic E-state index is 0.689. The minimum Gasteiger partial charge on any atom is -0.311 e. The molecule has 0 saturated carbocycles. The van der Waals surface area contributed by atoms with Gasteiger partial charge in [0.15, 0.2) is 0 Å². The molecule has 1 aromatic rings. The monoisotopic (exact) mass is 266 g/mol. The predicted octanol–water partition coefficient (Wildman–Crippen LogP) is 2.96. The lowest BCUT2D eigenvalue weighted by Crippen LogP contribution is -2.50. The van der Waals surface area contributed by atoms with Crippen LogP contribution in [0.4, 0.5) is 0 Å². The molecule has 0 radical (unpaired) electrons. The molecule has 0 aliphatic carbocycles. The fraction of sp³-hybridized carbons (Fsp3) is 0.600. The summed E-state index contributed by atoms with van der Waals surface area (Å²) in [5.74, 6) is 0. The molecule has 1 atom stereocenters. The summed E-state index contributed by atoms with van der Waals surface area (Å²) >= 11 is 5.90. The highest BCUT2D eigenvalue weighted by atomic mass is 35.5. The summed E-state index contributed by atoms with van der Waals surface area (Å²) < 4.78 is 0. The maximum absolute atomic E-state index is 5.90. The molecule has 2 rings (SSSR count). The van der Waals surface area contributed by atoms with Crippen LogP contribution in [0.2, 0.25) is 5.02 Å². The van der Waals surface area contributed by atoms with Gasteiger partial charge in [-0.3, -0.25) is 0 Å². The lowest BCUT2D eigenvalue weighted by molar-refractivity contribution is 0.196. The van der Waals surface area contributed by atoms with Gasteiger partial charge in [0.05, 0.1) is 0 Å². The Labute approximate surface area is 115 Å². The van der Waals surface area contributed by atoms with E-state index < -0.39 is 0 Å². The average molecular weight is 267 g/mol. The number of benzene rings is 1. The molecule has 1 N–H and O–H groups in total. The first-order valence-electron chi connectivity index (χ1n) is 6.98. The van der Waals surface area contributed by atoms with E-state index in [0.29, 0.717) is 6.04 Å². The molecule has 0 amide bonds. The summed E-state index contributed by atoms with van der Waals surface area (Å²) in [4.78, 5) is 2.57. The number of hydrogen-bond donors (Lipinski definition) is 1. The van der Waals surface area contributed by atoms with Crippen molar-refractivity contribution in [3.8, 4) is 0 Å². The number of nitrogens with zero attached hydrogens (tertiary/aromatic N) is 1. The highest BCUT2D eigenvalue weighted by Gasteiger charge is 2.17. The maximum Gasteiger partial charge on any atom is 0.0406 e. The number of piperazine rings is 1. The molecule has 1 fully saturated rings. The number of nitrogens with one attached hydrogen (secondary N) is 1. The van der Waals surface area contributed by atoms with Crippen molar-refractivity contribution in [2.24, 2.45) is 0 Å². The first kappa shape index (κ1) is 13.9. The molecule has 1 aromatic carbocycles. The number of halogens is 1. The van der Waals surface area contributed by atoms with Crippen LogP contribution in [-0.4, -0.2) is 37.1 Å². The topological polar surface area (TPSA) is 15.3 Å². The Morgan fingerprint density at radius 1 is 1.33 bits per heavy atom. The molecule has 2 nitrogen and oxygen atoms in total. The van der Waals surface area contributed by atoms with Crippen molar-refractivity contribution in [3.05, 3.63) is 34.9 Å². The Bertz CT molecular complexity index is 348. The smallest absolute Gasteiger partial charge is 0.0406 e. The molecule has 1 heterocycles. The average Bonchev–Trinajstić information content (AvgIpc) is 2.39. The Morgan fingerprint density at radius 2 is 2.11 bits per heavy atom. The zero-order chi connectivity index (χ0) is 12.8. The van der Waals surface area contributed by atoms with E-state index in [0.717, 1.165) is 24.5 Å². The van der Waals surface area contributed by atoms with E-state index in [9.17, 15) is 0 Å². The van der Waals surface area contributed by atoms with Gasteiger partial charge in [0.2, 0.25) is 0 Å². The molecule has 0 spiro atoms. The Balaban J connectivity index is 1.77. The molecule has 0 aromatic heterocycles. The summed E-state index contributed by atoms with van der Waals surface area (Å²) in [5, 5.41) is 4.42. The summed E-state index contributed by atoms with van der Waals surface area (Å²) in [6, 6.07) is 8.92. The Kier molecular flexibility index (Phi) is 5.48. The van der Waals surface area contributed by atoms with Crippen LogP contribution >= 0.6 is 11.6 Å². The van der Waals surface area contributed by atoms with Crippen LogP contribution < -0.4 is 5.32 Å². The molecule has 1 aliphatic rings. The summed E-state index contributed by atoms with van der Waals surface area (Å²) in [6.07, 6.45) is 3.68. The van der Waals surface area contributed by atoms with E-state index in [1.165, 1.54) is 31.5 Å². The van der Waals surface area contributed by atoms with Gasteiger partial charge in [-0.15, -0.1) is 0 Å². The van der Waals surface area contributed by atoms with Crippen molar-refractivity contribution in [1.29, 1.82) is 0 Å². The summed E-state index contributed by atoms with van der Waals surface area (Å²) in [7, 11) is 0. The third-order valence-electron chi connectivity index (χ3n) is 3.61. The van der Waals surface area contributed by atoms with Crippen molar-refractivity contribution >= 4 is 11.6 Å². The van der Waals surface area contributed by atoms with E-state index in [-0.39, 0.29) is 0 Å². The zero-order valence-electron chi connectivity index (χ0n) is 11.2. The fourth-order valence-corrected chi connectivity index (χ4v) is 2.70. The second-order valence-electron chi connectivity index (χ2n) is 5.12. The van der Waals surface area contributed by atoms with Crippen LogP contribution in [0.15, 0.2) is 24.3 Å². The van der Waals surface area contributed by atoms with Gasteiger partial charge in [0.25, 0.3) is 0 Å². The molecule has 100 valence electrons. The summed E-state index contributed by atoms with van der Waals surface area (Å²) in [6.45, 7) is 6.92. The van der Waals surface area contributed by atoms with Gasteiger partial charge in [-0.05, 0) is 30.5 Å². The van der Waals surface area contributed by atoms with Crippen molar-refractivity contribution in [1.82, 2.24) is 10.2 Å². The third-order valence-corrected chi connectivity index (χ3v) is 3.86. The third kappa shape index (κ3) is 4.27. The molecule has 18 heavy (non-hydrogen) atoms. The molecule has 1 unspecified atom stereocenters. The van der Waals surface area contributed by atoms with Crippen LogP contribution in [0.1, 0.15) is 25.3 Å². The number of rotatable bonds is 5. The van der Waals surface area contributed by atoms with Crippen LogP contribution in [0.5, 0.6) is 0 Å². The predicted molar refractivity (Wildman–Crippen MR) is 78.3 cm³/mol. The Morgan fingerprint density at radius 3 is 2.83 bits per heavy atom. The largest absolute Gasteiger partial charge is 0.311 e. The fourth-order valence-electron chi connectivity index (χ4n) is 2.58. The van der Waals surface area contributed by atoms with E-state index >= 15 is 0 Å². The van der Waals surface area contributed by atoms with E-state index in [4.69, 9.17) is 11.6 Å². The maximum atomic E-state index is 5.90. The quantitative estimate of drug-likeness (QED) is 0.882. The zero-order valence-corrected chi connectivity index (χ0v) is 11.9. The number of hydrogen-bond acceptors (Lipinski definition) is 2. The van der Waals surface area contributed by atoms with Crippen molar-refractivity contribution in [3.63, 3.8) is 0 Å². The van der Waals surface area contributed by atoms with Crippen molar-refractivity contribution < 1.29 is 0 Å². The Hall–Kier alpha value is -0.570. The SMILES string of the molecule is CCCC1CN(CCc2ccc(Cl)cc2)CCN1. The standard InChI is InChI=1S/C15H23ClN2/c1-2-3-15-12-18(11-9-17-15)10-8-13-4-6-14(16)7-5-13/h4-7,15,17H,2-3,8-12H2,1H3. The van der Waals surface area contributed by atoms with Crippen molar-refractivity contribution in [2.45, 2.75) is 32.2 Å². The second kappa shape index (κ2) is 7.13. The minimum atomic E-state index is 0.689. The lowest BCUT2D eigenvalue weighted by Gasteiger charge is -2.33. The van der Waals surface area contributed by atoms with Crippen LogP contribution in [0.25, 0.3) is 0 Å². The first-order valence-corrected chi connectivity index (χ1v) is 7.36. The molecule has 0 bridgehead atoms. The highest BCUT2D eigenvalue weighted by molar-refractivity contribution is 6.30. The van der Waals surface area contributed by atoms with Gasteiger partial charge in [-0.2, -0.15) is 0 Å². The van der Waals surface area contributed by atoms with Gasteiger partial charge in [-0.1, -0.05) is 37.1 Å². The molecule has 1 saturated heterocycles. The molecule has 3 heteroatoms. The van der Waals surface area contributed by atoms with E-state index in [1.54, 1.807) is 0 Å². The summed E-state index contributed by atoms with van der Waals surface area (Å²) in [5.41, 5.74) is 1.38. The molecule has 1 aliphatic heterocycles. The lowest BCUT2D eigenvalue weighted by atomic mass is 10.1. The van der Waals surface area contributed by atoms with Crippen LogP contribution in [-0.2, 0) is 6.42 Å². The normalized spacial score (nSPS) is 21.1. The molecular weight excluding hydrogens is 244 g/mol. The van der Waals surface area contributed by atoms with E-state index in [1.807, 2.05) is 12.1 Å². The van der Waals surface area contributed by atoms with Gasteiger partial charge in [-0.25, -0.2) is 0 Å². The van der Waals surface area contributed by atoms with Gasteiger partial charge >= 0.3 is 0 Å². The van der Waals surface area contributed by atoms with E-state index in [2.05, 4.69) is 29.3 Å². The highest BCUT2D eigenvalue weighted by Crippen LogP contribution is 2.11. The first-order chi connectivity index (χ1) is 8.78. The van der Waals surface area contributed by atoms with Crippen LogP contribution in [0, 0.1) is 0 Å². The second-order valence-corrected chi connectivity index (χ2v) is 5.55. The van der Waals surface area contributed by atoms with Gasteiger partial charge < -0.3 is 10.2 Å². The van der Waals surface area contributed by atoms with Gasteiger partial charge in [0.1, 0.15) is 0 Å². The van der Waals surface area contributed by atoms with Crippen LogP contribution in [0.3, 0.4) is 0 Å². The molecular formula is C15H23ClN2. The van der Waals surface area contributed by atoms with Gasteiger partial charge in [0, 0.05) is 37.2 Å². The van der Waals surface area contributed by atoms with Crippen molar-refractivity contribution in [2.75, 3.05) is 26.2 Å².